The third-order valence-electron chi connectivity index (χ3n) is 1.36. The molecule has 0 radical (unpaired) electrons. The van der Waals surface area contributed by atoms with Crippen molar-refractivity contribution in [2.75, 3.05) is 0 Å². The Balaban J connectivity index is 3.87. The Hall–Kier alpha value is -0.660. The number of hydrogen-bond acceptors (Lipinski definition) is 2. The van der Waals surface area contributed by atoms with Crippen molar-refractivity contribution in [3.05, 3.63) is 0 Å². The summed E-state index contributed by atoms with van der Waals surface area (Å²) in [6.45, 7) is 5.82. The monoisotopic (exact) mass is 126 g/mol. The van der Waals surface area contributed by atoms with Crippen molar-refractivity contribution >= 4 is 11.9 Å². The van der Waals surface area contributed by atoms with Crippen molar-refractivity contribution in [2.24, 2.45) is 11.8 Å². The Labute approximate surface area is 56.3 Å². The van der Waals surface area contributed by atoms with Crippen LogP contribution in [0.1, 0.15) is 20.8 Å². The van der Waals surface area contributed by atoms with Gasteiger partial charge in [-0.2, -0.15) is 0 Å². The van der Waals surface area contributed by atoms with Crippen LogP contribution in [0, 0.1) is 22.7 Å². The second-order valence-corrected chi connectivity index (χ2v) is 2.57. The van der Waals surface area contributed by atoms with Crippen LogP contribution < -0.4 is 0 Å². The molecule has 0 fully saturated rings. The first-order chi connectivity index (χ1) is 4.09. The maximum atomic E-state index is 7.40. The molecule has 0 aliphatic carbocycles. The topological polar surface area (TPSA) is 47.7 Å². The molecule has 0 heterocycles. The molecule has 0 aliphatic heterocycles. The van der Waals surface area contributed by atoms with Crippen molar-refractivity contribution in [3.63, 3.8) is 0 Å². The predicted octanol–water partition coefficient (Wildman–Crippen LogP) is 1.95. The third kappa shape index (κ3) is 2.40. The smallest absolute Gasteiger partial charge is 0.0287 e. The molecule has 1 unspecified atom stereocenters. The van der Waals surface area contributed by atoms with Crippen LogP contribution in [0.2, 0.25) is 0 Å². The van der Waals surface area contributed by atoms with Crippen molar-refractivity contribution in [1.82, 2.24) is 0 Å². The van der Waals surface area contributed by atoms with E-state index in [-0.39, 0.29) is 11.8 Å². The first-order valence-electron chi connectivity index (χ1n) is 3.18. The van der Waals surface area contributed by atoms with Gasteiger partial charge in [0.2, 0.25) is 0 Å². The molecule has 0 saturated carbocycles. The van der Waals surface area contributed by atoms with E-state index in [4.69, 9.17) is 10.8 Å². The highest BCUT2D eigenvalue weighted by atomic mass is 14.5. The summed E-state index contributed by atoms with van der Waals surface area (Å²) in [5.41, 5.74) is 0.644. The van der Waals surface area contributed by atoms with Gasteiger partial charge in [-0.15, -0.1) is 0 Å². The average Bonchev–Trinajstić information content (AvgIpc) is 1.84. The van der Waals surface area contributed by atoms with Crippen LogP contribution in [0.15, 0.2) is 0 Å². The summed E-state index contributed by atoms with van der Waals surface area (Å²) in [7, 11) is 0. The summed E-state index contributed by atoms with van der Waals surface area (Å²) in [5.74, 6) is 0.298. The highest BCUT2D eigenvalue weighted by Crippen LogP contribution is 2.03. The Bertz CT molecular complexity index is 116. The molecule has 2 heteroatoms. The average molecular weight is 126 g/mol. The molecule has 0 aromatic rings. The van der Waals surface area contributed by atoms with E-state index in [9.17, 15) is 0 Å². The van der Waals surface area contributed by atoms with Crippen molar-refractivity contribution in [3.8, 4) is 0 Å². The van der Waals surface area contributed by atoms with Crippen molar-refractivity contribution in [2.45, 2.75) is 20.8 Å². The lowest BCUT2D eigenvalue weighted by Crippen LogP contribution is -2.16. The van der Waals surface area contributed by atoms with Crippen LogP contribution in [0.25, 0.3) is 0 Å². The lowest BCUT2D eigenvalue weighted by atomic mass is 9.97. The van der Waals surface area contributed by atoms with Gasteiger partial charge in [0.15, 0.2) is 0 Å². The molecule has 0 spiro atoms. The van der Waals surface area contributed by atoms with Crippen LogP contribution in [-0.4, -0.2) is 11.9 Å². The van der Waals surface area contributed by atoms with E-state index < -0.39 is 0 Å². The fourth-order valence-corrected chi connectivity index (χ4v) is 0.616. The molecule has 2 nitrogen and oxygen atoms in total. The maximum Gasteiger partial charge on any atom is 0.0287 e. The normalized spacial score (nSPS) is 13.3. The molecule has 0 amide bonds. The fraction of sp³-hybridized carbons (Fsp3) is 0.714. The molecule has 52 valence electrons. The Morgan fingerprint density at radius 3 is 1.89 bits per heavy atom. The van der Waals surface area contributed by atoms with Gasteiger partial charge in [-0.05, 0) is 5.92 Å². The molecule has 0 aromatic heterocycles. The van der Waals surface area contributed by atoms with Gasteiger partial charge in [-0.25, -0.2) is 0 Å². The minimum absolute atomic E-state index is 0.0185. The first-order valence-corrected chi connectivity index (χ1v) is 3.18. The van der Waals surface area contributed by atoms with Gasteiger partial charge in [-0.1, -0.05) is 20.8 Å². The quantitative estimate of drug-likeness (QED) is 0.543. The molecular formula is C7H14N2. The molecule has 1 atom stereocenters. The zero-order valence-electron chi connectivity index (χ0n) is 6.23. The second-order valence-electron chi connectivity index (χ2n) is 2.57. The third-order valence-corrected chi connectivity index (χ3v) is 1.36. The molecule has 0 aliphatic rings. The van der Waals surface area contributed by atoms with Crippen LogP contribution in [0.4, 0.5) is 0 Å². The van der Waals surface area contributed by atoms with Crippen LogP contribution in [0.5, 0.6) is 0 Å². The molecule has 0 saturated heterocycles. The summed E-state index contributed by atoms with van der Waals surface area (Å²) in [4.78, 5) is 0. The molecular weight excluding hydrogens is 112 g/mol. The lowest BCUT2D eigenvalue weighted by molar-refractivity contribution is 0.818. The van der Waals surface area contributed by atoms with E-state index >= 15 is 0 Å². The summed E-state index contributed by atoms with van der Waals surface area (Å²) in [6.07, 6.45) is 1.31. The van der Waals surface area contributed by atoms with Crippen LogP contribution in [0.3, 0.4) is 0 Å². The van der Waals surface area contributed by atoms with Gasteiger partial charge < -0.3 is 10.8 Å². The highest BCUT2D eigenvalue weighted by Gasteiger charge is 2.08. The second kappa shape index (κ2) is 3.38. The number of hydrogen-bond donors (Lipinski definition) is 2. The number of nitrogens with one attached hydrogen (secondary N) is 2. The Morgan fingerprint density at radius 2 is 1.78 bits per heavy atom. The highest BCUT2D eigenvalue weighted by molar-refractivity contribution is 5.96. The maximum absolute atomic E-state index is 7.40. The molecule has 0 rings (SSSR count). The van der Waals surface area contributed by atoms with Crippen LogP contribution in [-0.2, 0) is 0 Å². The van der Waals surface area contributed by atoms with E-state index in [1.165, 1.54) is 6.21 Å². The van der Waals surface area contributed by atoms with E-state index in [1.54, 1.807) is 0 Å². The van der Waals surface area contributed by atoms with Crippen molar-refractivity contribution < 1.29 is 0 Å². The zero-order chi connectivity index (χ0) is 7.44. The van der Waals surface area contributed by atoms with E-state index in [0.29, 0.717) is 5.71 Å². The largest absolute Gasteiger partial charge is 0.312 e. The standard InChI is InChI=1S/C7H14N2/c1-5(2)7(9)6(3)4-8/h4-6,8-9H,1-3H3. The Morgan fingerprint density at radius 1 is 1.33 bits per heavy atom. The van der Waals surface area contributed by atoms with Gasteiger partial charge in [0.05, 0.1) is 0 Å². The van der Waals surface area contributed by atoms with Gasteiger partial charge in [0.25, 0.3) is 0 Å². The molecule has 0 aromatic carbocycles. The number of rotatable bonds is 3. The van der Waals surface area contributed by atoms with Gasteiger partial charge in [-0.3, -0.25) is 0 Å². The summed E-state index contributed by atoms with van der Waals surface area (Å²) in [5, 5.41) is 14.3. The van der Waals surface area contributed by atoms with E-state index in [2.05, 4.69) is 0 Å². The van der Waals surface area contributed by atoms with Gasteiger partial charge >= 0.3 is 0 Å². The van der Waals surface area contributed by atoms with E-state index in [1.807, 2.05) is 20.8 Å². The minimum Gasteiger partial charge on any atom is -0.312 e. The first kappa shape index (κ1) is 8.34. The minimum atomic E-state index is 0.0185. The fourth-order valence-electron chi connectivity index (χ4n) is 0.616. The molecule has 0 bridgehead atoms. The van der Waals surface area contributed by atoms with Crippen LogP contribution >= 0.6 is 0 Å². The van der Waals surface area contributed by atoms with E-state index in [0.717, 1.165) is 0 Å². The predicted molar refractivity (Wildman–Crippen MR) is 40.5 cm³/mol. The van der Waals surface area contributed by atoms with Gasteiger partial charge in [0, 0.05) is 17.8 Å². The zero-order valence-corrected chi connectivity index (χ0v) is 6.23. The summed E-state index contributed by atoms with van der Waals surface area (Å²) >= 11 is 0. The SMILES string of the molecule is CC(C)C(=N)C(C)C=N. The Kier molecular flexibility index (Phi) is 3.13. The molecule has 2 N–H and O–H groups in total. The van der Waals surface area contributed by atoms with Crippen molar-refractivity contribution in [1.29, 1.82) is 10.8 Å². The summed E-state index contributed by atoms with van der Waals surface area (Å²) < 4.78 is 0. The van der Waals surface area contributed by atoms with Gasteiger partial charge in [0.1, 0.15) is 0 Å². The molecule has 9 heavy (non-hydrogen) atoms. The summed E-state index contributed by atoms with van der Waals surface area (Å²) in [6, 6.07) is 0. The lowest BCUT2D eigenvalue weighted by Gasteiger charge is -2.09.